The van der Waals surface area contributed by atoms with Crippen molar-refractivity contribution < 1.29 is 26.0 Å². The van der Waals surface area contributed by atoms with Crippen molar-refractivity contribution in [2.45, 2.75) is 11.8 Å². The van der Waals surface area contributed by atoms with Gasteiger partial charge in [0.2, 0.25) is 10.0 Å². The molecule has 26 heavy (non-hydrogen) atoms. The first-order valence-corrected chi connectivity index (χ1v) is 8.63. The van der Waals surface area contributed by atoms with Gasteiger partial charge in [0.15, 0.2) is 4.90 Å². The summed E-state index contributed by atoms with van der Waals surface area (Å²) in [5.41, 5.74) is 0.107. The van der Waals surface area contributed by atoms with Crippen molar-refractivity contribution in [2.75, 3.05) is 0 Å². The van der Waals surface area contributed by atoms with Gasteiger partial charge < -0.3 is 4.42 Å². The Bertz CT molecular complexity index is 1160. The van der Waals surface area contributed by atoms with Crippen LogP contribution in [0.1, 0.15) is 5.56 Å². The lowest BCUT2D eigenvalue weighted by molar-refractivity contribution is 0.503. The van der Waals surface area contributed by atoms with Crippen LogP contribution in [0, 0.1) is 24.4 Å². The van der Waals surface area contributed by atoms with E-state index >= 15 is 0 Å². The van der Waals surface area contributed by atoms with E-state index in [9.17, 15) is 26.4 Å². The van der Waals surface area contributed by atoms with E-state index in [2.05, 4.69) is 0 Å². The minimum Gasteiger partial charge on any atom is -0.415 e. The van der Waals surface area contributed by atoms with Crippen LogP contribution in [0.2, 0.25) is 0 Å². The van der Waals surface area contributed by atoms with Gasteiger partial charge in [0.25, 0.3) is 0 Å². The lowest BCUT2D eigenvalue weighted by atomic mass is 10.1. The Balaban J connectivity index is 2.24. The number of rotatable bonds is 3. The Morgan fingerprint density at radius 2 is 1.65 bits per heavy atom. The van der Waals surface area contributed by atoms with Crippen LogP contribution in [0.3, 0.4) is 0 Å². The molecule has 0 radical (unpaired) electrons. The molecule has 3 aromatic rings. The number of nitrogens with zero attached hydrogens (tertiary/aromatic N) is 1. The fourth-order valence-corrected chi connectivity index (χ4v) is 3.11. The maximum absolute atomic E-state index is 14.1. The van der Waals surface area contributed by atoms with Crippen LogP contribution in [0.4, 0.5) is 13.2 Å². The minimum atomic E-state index is -4.62. The summed E-state index contributed by atoms with van der Waals surface area (Å²) in [6.45, 7) is 1.52. The molecule has 0 atom stereocenters. The zero-order valence-corrected chi connectivity index (χ0v) is 14.0. The number of halogens is 3. The lowest BCUT2D eigenvalue weighted by Gasteiger charge is -2.09. The van der Waals surface area contributed by atoms with E-state index in [1.165, 1.54) is 19.1 Å². The number of aromatic nitrogens is 1. The van der Waals surface area contributed by atoms with Crippen molar-refractivity contribution in [1.29, 1.82) is 0 Å². The first-order chi connectivity index (χ1) is 12.1. The van der Waals surface area contributed by atoms with Gasteiger partial charge in [-0.05, 0) is 36.8 Å². The highest BCUT2D eigenvalue weighted by Crippen LogP contribution is 2.28. The average molecular weight is 384 g/mol. The first-order valence-electron chi connectivity index (χ1n) is 7.09. The van der Waals surface area contributed by atoms with E-state index in [1.807, 2.05) is 0 Å². The third kappa shape index (κ3) is 3.04. The number of hydrogen-bond donors (Lipinski definition) is 1. The number of nitrogens with two attached hydrogens (primary N) is 1. The Morgan fingerprint density at radius 3 is 2.19 bits per heavy atom. The second kappa shape index (κ2) is 6.15. The molecule has 2 N–H and O–H groups in total. The zero-order chi connectivity index (χ0) is 19.2. The monoisotopic (exact) mass is 384 g/mol. The van der Waals surface area contributed by atoms with E-state index in [4.69, 9.17) is 9.56 Å². The van der Waals surface area contributed by atoms with Crippen LogP contribution in [0.5, 0.6) is 0 Å². The molecule has 0 bridgehead atoms. The van der Waals surface area contributed by atoms with Gasteiger partial charge in [-0.2, -0.15) is 0 Å². The first kappa shape index (κ1) is 18.0. The second-order valence-electron chi connectivity index (χ2n) is 5.47. The average Bonchev–Trinajstić information content (AvgIpc) is 2.89. The predicted octanol–water partition coefficient (Wildman–Crippen LogP) is 2.47. The zero-order valence-electron chi connectivity index (χ0n) is 13.2. The molecule has 3 rings (SSSR count). The molecule has 10 heteroatoms. The molecular formula is C16H11F3N2O4S. The highest BCUT2D eigenvalue weighted by molar-refractivity contribution is 7.89. The molecule has 0 aliphatic carbocycles. The van der Waals surface area contributed by atoms with E-state index < -0.39 is 38.1 Å². The van der Waals surface area contributed by atoms with Crippen LogP contribution in [-0.4, -0.2) is 13.0 Å². The Labute approximate surface area is 145 Å². The highest BCUT2D eigenvalue weighted by atomic mass is 32.2. The van der Waals surface area contributed by atoms with Crippen LogP contribution in [0.15, 0.2) is 50.7 Å². The lowest BCUT2D eigenvalue weighted by Crippen LogP contribution is -2.17. The molecule has 0 fully saturated rings. The number of oxazole rings is 1. The number of primary sulfonamides is 1. The van der Waals surface area contributed by atoms with Gasteiger partial charge in [-0.1, -0.05) is 6.07 Å². The number of sulfonamides is 1. The van der Waals surface area contributed by atoms with Crippen molar-refractivity contribution in [2.24, 2.45) is 5.14 Å². The molecule has 2 aromatic carbocycles. The molecule has 0 spiro atoms. The molecule has 6 nitrogen and oxygen atoms in total. The summed E-state index contributed by atoms with van der Waals surface area (Å²) in [4.78, 5) is 10.7. The molecule has 1 aromatic heterocycles. The van der Waals surface area contributed by atoms with Crippen LogP contribution < -0.4 is 10.9 Å². The fourth-order valence-electron chi connectivity index (χ4n) is 2.45. The quantitative estimate of drug-likeness (QED) is 0.750. The maximum Gasteiger partial charge on any atom is 0.424 e. The fraction of sp³-hybridized carbons (Fsp3) is 0.0625. The molecule has 0 saturated carbocycles. The summed E-state index contributed by atoms with van der Waals surface area (Å²) in [5, 5.41) is 4.78. The van der Waals surface area contributed by atoms with Crippen molar-refractivity contribution in [1.82, 2.24) is 4.57 Å². The summed E-state index contributed by atoms with van der Waals surface area (Å²) in [6.07, 6.45) is 0.922. The molecule has 0 unspecified atom stereocenters. The third-order valence-corrected chi connectivity index (χ3v) is 4.65. The Kier molecular flexibility index (Phi) is 4.24. The van der Waals surface area contributed by atoms with Crippen molar-refractivity contribution >= 4 is 10.0 Å². The largest absolute Gasteiger partial charge is 0.424 e. The summed E-state index contributed by atoms with van der Waals surface area (Å²) >= 11 is 0. The molecule has 1 heterocycles. The molecule has 0 aliphatic rings. The number of hydrogen-bond acceptors (Lipinski definition) is 4. The third-order valence-electron chi connectivity index (χ3n) is 3.69. The summed E-state index contributed by atoms with van der Waals surface area (Å²) in [7, 11) is -4.62. The van der Waals surface area contributed by atoms with Gasteiger partial charge in [-0.3, -0.25) is 0 Å². The van der Waals surface area contributed by atoms with Gasteiger partial charge in [0.05, 0.1) is 11.4 Å². The normalized spacial score (nSPS) is 11.7. The van der Waals surface area contributed by atoms with Crippen LogP contribution >= 0.6 is 0 Å². The van der Waals surface area contributed by atoms with E-state index in [1.54, 1.807) is 0 Å². The maximum atomic E-state index is 14.1. The molecular weight excluding hydrogens is 373 g/mol. The molecule has 0 amide bonds. The van der Waals surface area contributed by atoms with Gasteiger partial charge in [0, 0.05) is 5.56 Å². The number of benzene rings is 2. The molecule has 136 valence electrons. The van der Waals surface area contributed by atoms with E-state index in [0.717, 1.165) is 16.9 Å². The molecule has 0 aliphatic heterocycles. The predicted molar refractivity (Wildman–Crippen MR) is 85.7 cm³/mol. The van der Waals surface area contributed by atoms with Gasteiger partial charge in [-0.25, -0.2) is 36.1 Å². The topological polar surface area (TPSA) is 95.3 Å². The Morgan fingerprint density at radius 1 is 1.04 bits per heavy atom. The molecule has 0 saturated heterocycles. The van der Waals surface area contributed by atoms with E-state index in [-0.39, 0.29) is 16.9 Å². The minimum absolute atomic E-state index is 0.0678. The van der Waals surface area contributed by atoms with Crippen LogP contribution in [0.25, 0.3) is 16.9 Å². The van der Waals surface area contributed by atoms with Gasteiger partial charge in [-0.15, -0.1) is 0 Å². The summed E-state index contributed by atoms with van der Waals surface area (Å²) < 4.78 is 70.1. The van der Waals surface area contributed by atoms with E-state index in [0.29, 0.717) is 17.7 Å². The Hall–Kier alpha value is -2.85. The van der Waals surface area contributed by atoms with Crippen molar-refractivity contribution in [3.05, 3.63) is 70.2 Å². The SMILES string of the molecule is Cc1ccc(-n2c(-c3cc(F)c(S(N)(=O)=O)c(F)c3)coc2=O)cc1F. The second-order valence-corrected chi connectivity index (χ2v) is 6.97. The standard InChI is InChI=1S/C16H11F3N2O4S/c1-8-2-3-10(6-11(8)17)21-14(7-25-16(21)22)9-4-12(18)15(13(19)5-9)26(20,23)24/h2-7H,1H3,(H2,20,23,24). The van der Waals surface area contributed by atoms with Crippen LogP contribution in [-0.2, 0) is 10.0 Å². The smallest absolute Gasteiger partial charge is 0.415 e. The highest BCUT2D eigenvalue weighted by Gasteiger charge is 2.23. The van der Waals surface area contributed by atoms with Gasteiger partial charge in [0.1, 0.15) is 23.7 Å². The number of aryl methyl sites for hydroxylation is 1. The summed E-state index contributed by atoms with van der Waals surface area (Å²) in [5.74, 6) is -4.38. The van der Waals surface area contributed by atoms with Crippen molar-refractivity contribution in [3.63, 3.8) is 0 Å². The summed E-state index contributed by atoms with van der Waals surface area (Å²) in [6, 6.07) is 5.27. The van der Waals surface area contributed by atoms with Gasteiger partial charge >= 0.3 is 5.76 Å². The van der Waals surface area contributed by atoms with Crippen molar-refractivity contribution in [3.8, 4) is 16.9 Å².